The summed E-state index contributed by atoms with van der Waals surface area (Å²) in [5.74, 6) is -0.944. The van der Waals surface area contributed by atoms with Crippen LogP contribution in [0.2, 0.25) is 5.02 Å². The van der Waals surface area contributed by atoms with E-state index < -0.39 is 0 Å². The van der Waals surface area contributed by atoms with Gasteiger partial charge in [-0.25, -0.2) is 4.90 Å². The molecule has 1 aliphatic heterocycles. The van der Waals surface area contributed by atoms with Gasteiger partial charge in [0.15, 0.2) is 0 Å². The minimum absolute atomic E-state index is 0.0661. The number of aromatic hydroxyl groups is 1. The van der Waals surface area contributed by atoms with Crippen molar-refractivity contribution in [1.82, 2.24) is 0 Å². The molecule has 1 aliphatic carbocycles. The zero-order chi connectivity index (χ0) is 13.6. The van der Waals surface area contributed by atoms with Gasteiger partial charge in [-0.2, -0.15) is 0 Å². The van der Waals surface area contributed by atoms with Crippen LogP contribution in [0.4, 0.5) is 5.69 Å². The molecule has 1 N–H and O–H groups in total. The molecule has 1 heterocycles. The van der Waals surface area contributed by atoms with Crippen molar-refractivity contribution in [3.8, 4) is 5.75 Å². The van der Waals surface area contributed by atoms with Gasteiger partial charge in [0.25, 0.3) is 0 Å². The van der Waals surface area contributed by atoms with E-state index in [-0.39, 0.29) is 34.4 Å². The highest BCUT2D eigenvalue weighted by molar-refractivity contribution is 6.32. The molecule has 98 valence electrons. The molecule has 2 amide bonds. The third kappa shape index (κ3) is 1.83. The number of allylic oxidation sites excluding steroid dienone is 2. The fraction of sp³-hybridized carbons (Fsp3) is 0.286. The number of phenolic OH excluding ortho intramolecular Hbond substituents is 1. The summed E-state index contributed by atoms with van der Waals surface area (Å²) in [6.07, 6.45) is 5.11. The lowest BCUT2D eigenvalue weighted by atomic mass is 9.85. The van der Waals surface area contributed by atoms with Gasteiger partial charge in [-0.05, 0) is 31.0 Å². The van der Waals surface area contributed by atoms with Crippen molar-refractivity contribution in [2.75, 3.05) is 4.90 Å². The Hall–Kier alpha value is -1.81. The number of halogens is 1. The number of benzene rings is 1. The molecular formula is C14H12ClNO3. The Bertz CT molecular complexity index is 570. The highest BCUT2D eigenvalue weighted by atomic mass is 35.5. The predicted octanol–water partition coefficient (Wildman–Crippen LogP) is 2.50. The normalized spacial score (nSPS) is 25.8. The lowest BCUT2D eigenvalue weighted by Gasteiger charge is -2.15. The van der Waals surface area contributed by atoms with E-state index in [0.717, 1.165) is 0 Å². The van der Waals surface area contributed by atoms with Gasteiger partial charge < -0.3 is 5.11 Å². The van der Waals surface area contributed by atoms with E-state index in [4.69, 9.17) is 11.6 Å². The molecule has 0 radical (unpaired) electrons. The third-order valence-electron chi connectivity index (χ3n) is 3.70. The molecule has 1 aromatic carbocycles. The summed E-state index contributed by atoms with van der Waals surface area (Å²) in [5, 5.41) is 9.52. The molecular weight excluding hydrogens is 266 g/mol. The predicted molar refractivity (Wildman–Crippen MR) is 71.0 cm³/mol. The van der Waals surface area contributed by atoms with Gasteiger partial charge in [0.1, 0.15) is 5.75 Å². The number of fused-ring (bicyclic) bond motifs is 1. The third-order valence-corrected chi connectivity index (χ3v) is 4.00. The Morgan fingerprint density at radius 1 is 1.11 bits per heavy atom. The van der Waals surface area contributed by atoms with E-state index in [1.807, 2.05) is 12.2 Å². The first-order valence-electron chi connectivity index (χ1n) is 6.11. The highest BCUT2D eigenvalue weighted by Crippen LogP contribution is 2.39. The van der Waals surface area contributed by atoms with Gasteiger partial charge in [-0.1, -0.05) is 23.8 Å². The van der Waals surface area contributed by atoms with Crippen LogP contribution < -0.4 is 4.90 Å². The first kappa shape index (κ1) is 12.2. The van der Waals surface area contributed by atoms with E-state index in [1.54, 1.807) is 0 Å². The molecule has 1 fully saturated rings. The minimum atomic E-state index is -0.259. The number of rotatable bonds is 1. The average Bonchev–Trinajstić information content (AvgIpc) is 2.66. The van der Waals surface area contributed by atoms with Gasteiger partial charge in [0.05, 0.1) is 22.5 Å². The largest absolute Gasteiger partial charge is 0.506 e. The van der Waals surface area contributed by atoms with Crippen LogP contribution in [0.15, 0.2) is 30.4 Å². The number of phenols is 1. The standard InChI is InChI=1S/C14H12ClNO3/c15-11-7-8(5-6-12(11)17)16-13(18)9-3-1-2-4-10(9)14(16)19/h1-2,5-7,9-10,17H,3-4H2/t9-,10+. The number of hydrogen-bond acceptors (Lipinski definition) is 3. The molecule has 3 rings (SSSR count). The Kier molecular flexibility index (Phi) is 2.82. The summed E-state index contributed by atoms with van der Waals surface area (Å²) in [4.78, 5) is 25.8. The number of carbonyl (C=O) groups excluding carboxylic acids is 2. The molecule has 0 unspecified atom stereocenters. The second-order valence-electron chi connectivity index (χ2n) is 4.80. The van der Waals surface area contributed by atoms with Gasteiger partial charge in [0, 0.05) is 0 Å². The van der Waals surface area contributed by atoms with Crippen molar-refractivity contribution in [3.63, 3.8) is 0 Å². The summed E-state index contributed by atoms with van der Waals surface area (Å²) in [6, 6.07) is 4.36. The van der Waals surface area contributed by atoms with Gasteiger partial charge in [-0.3, -0.25) is 9.59 Å². The maximum Gasteiger partial charge on any atom is 0.238 e. The molecule has 1 saturated heterocycles. The van der Waals surface area contributed by atoms with Crippen molar-refractivity contribution in [1.29, 1.82) is 0 Å². The van der Waals surface area contributed by atoms with E-state index >= 15 is 0 Å². The molecule has 4 nitrogen and oxygen atoms in total. The molecule has 0 bridgehead atoms. The van der Waals surface area contributed by atoms with Crippen molar-refractivity contribution in [2.24, 2.45) is 11.8 Å². The molecule has 19 heavy (non-hydrogen) atoms. The van der Waals surface area contributed by atoms with Crippen molar-refractivity contribution < 1.29 is 14.7 Å². The Morgan fingerprint density at radius 3 is 2.21 bits per heavy atom. The molecule has 0 saturated carbocycles. The second kappa shape index (κ2) is 4.38. The zero-order valence-corrected chi connectivity index (χ0v) is 10.8. The Balaban J connectivity index is 1.99. The summed E-state index contributed by atoms with van der Waals surface area (Å²) in [7, 11) is 0. The number of imide groups is 1. The van der Waals surface area contributed by atoms with Crippen LogP contribution in [-0.2, 0) is 9.59 Å². The second-order valence-corrected chi connectivity index (χ2v) is 5.21. The SMILES string of the molecule is O=C1[C@H]2CC=CC[C@H]2C(=O)N1c1ccc(O)c(Cl)c1. The lowest BCUT2D eigenvalue weighted by Crippen LogP contribution is -2.30. The lowest BCUT2D eigenvalue weighted by molar-refractivity contribution is -0.122. The van der Waals surface area contributed by atoms with Crippen LogP contribution in [-0.4, -0.2) is 16.9 Å². The number of hydrogen-bond donors (Lipinski definition) is 1. The first-order valence-corrected chi connectivity index (χ1v) is 6.48. The topological polar surface area (TPSA) is 57.6 Å². The van der Waals surface area contributed by atoms with Gasteiger partial charge >= 0.3 is 0 Å². The summed E-state index contributed by atoms with van der Waals surface area (Å²) in [6.45, 7) is 0. The quantitative estimate of drug-likeness (QED) is 0.634. The van der Waals surface area contributed by atoms with Crippen LogP contribution >= 0.6 is 11.6 Å². The zero-order valence-electron chi connectivity index (χ0n) is 10.0. The molecule has 0 aromatic heterocycles. The number of amides is 2. The number of carbonyl (C=O) groups is 2. The minimum Gasteiger partial charge on any atom is -0.506 e. The van der Waals surface area contributed by atoms with Crippen LogP contribution in [0.3, 0.4) is 0 Å². The van der Waals surface area contributed by atoms with E-state index in [9.17, 15) is 14.7 Å². The summed E-state index contributed by atoms with van der Waals surface area (Å²) < 4.78 is 0. The summed E-state index contributed by atoms with van der Waals surface area (Å²) >= 11 is 5.83. The van der Waals surface area contributed by atoms with E-state index in [1.165, 1.54) is 23.1 Å². The molecule has 0 spiro atoms. The smallest absolute Gasteiger partial charge is 0.238 e. The summed E-state index contributed by atoms with van der Waals surface area (Å²) in [5.41, 5.74) is 0.423. The fourth-order valence-electron chi connectivity index (χ4n) is 2.69. The Morgan fingerprint density at radius 2 is 1.68 bits per heavy atom. The average molecular weight is 278 g/mol. The molecule has 2 aliphatic rings. The van der Waals surface area contributed by atoms with Crippen LogP contribution in [0.25, 0.3) is 0 Å². The maximum atomic E-state index is 12.3. The van der Waals surface area contributed by atoms with Crippen LogP contribution in [0.1, 0.15) is 12.8 Å². The maximum absolute atomic E-state index is 12.3. The molecule has 1 aromatic rings. The fourth-order valence-corrected chi connectivity index (χ4v) is 2.86. The van der Waals surface area contributed by atoms with Crippen molar-refractivity contribution in [2.45, 2.75) is 12.8 Å². The van der Waals surface area contributed by atoms with Gasteiger partial charge in [-0.15, -0.1) is 0 Å². The van der Waals surface area contributed by atoms with Crippen LogP contribution in [0.5, 0.6) is 5.75 Å². The molecule has 5 heteroatoms. The number of anilines is 1. The van der Waals surface area contributed by atoms with Crippen molar-refractivity contribution >= 4 is 29.1 Å². The Labute approximate surface area is 115 Å². The van der Waals surface area contributed by atoms with E-state index in [0.29, 0.717) is 18.5 Å². The first-order chi connectivity index (χ1) is 9.09. The van der Waals surface area contributed by atoms with E-state index in [2.05, 4.69) is 0 Å². The number of nitrogens with zero attached hydrogens (tertiary/aromatic N) is 1. The molecule has 2 atom stereocenters. The van der Waals surface area contributed by atoms with Crippen molar-refractivity contribution in [3.05, 3.63) is 35.4 Å². The highest BCUT2D eigenvalue weighted by Gasteiger charge is 2.47. The van der Waals surface area contributed by atoms with Gasteiger partial charge in [0.2, 0.25) is 11.8 Å². The van der Waals surface area contributed by atoms with Crippen LogP contribution in [0, 0.1) is 11.8 Å². The monoisotopic (exact) mass is 277 g/mol.